The molecular weight excluding hydrogens is 416 g/mol. The molecule has 0 bridgehead atoms. The smallest absolute Gasteiger partial charge is 0.276 e. The largest absolute Gasteiger partial charge is 0.350 e. The molecule has 2 aromatic heterocycles. The molecule has 8 heteroatoms. The van der Waals surface area contributed by atoms with Crippen LogP contribution in [-0.4, -0.2) is 32.3 Å². The summed E-state index contributed by atoms with van der Waals surface area (Å²) in [6, 6.07) is 11.2. The number of nitrogens with zero attached hydrogens (tertiary/aromatic N) is 3. The SMILES string of the molecule is Cc1ccsc1C(C(=O)NCc1ccccc1)N(C(=O)c1csnn1)C1CCCC1. The minimum atomic E-state index is -0.675. The van der Waals surface area contributed by atoms with Crippen molar-refractivity contribution in [3.8, 4) is 0 Å². The van der Waals surface area contributed by atoms with Crippen LogP contribution in [0.1, 0.15) is 58.2 Å². The summed E-state index contributed by atoms with van der Waals surface area (Å²) < 4.78 is 3.86. The number of carbonyl (C=O) groups is 2. The van der Waals surface area contributed by atoms with Gasteiger partial charge in [-0.15, -0.1) is 16.4 Å². The van der Waals surface area contributed by atoms with E-state index in [2.05, 4.69) is 14.9 Å². The third-order valence-corrected chi connectivity index (χ3v) is 7.09. The Hall–Kier alpha value is -2.58. The minimum Gasteiger partial charge on any atom is -0.350 e. The zero-order chi connectivity index (χ0) is 20.9. The summed E-state index contributed by atoms with van der Waals surface area (Å²) >= 11 is 2.67. The van der Waals surface area contributed by atoms with E-state index in [1.807, 2.05) is 48.7 Å². The van der Waals surface area contributed by atoms with Gasteiger partial charge in [0.2, 0.25) is 5.91 Å². The van der Waals surface area contributed by atoms with Crippen molar-refractivity contribution in [1.82, 2.24) is 19.8 Å². The minimum absolute atomic E-state index is 0.0215. The van der Waals surface area contributed by atoms with Crippen LogP contribution in [-0.2, 0) is 11.3 Å². The van der Waals surface area contributed by atoms with Crippen molar-refractivity contribution in [3.63, 3.8) is 0 Å². The van der Waals surface area contributed by atoms with Gasteiger partial charge >= 0.3 is 0 Å². The first kappa shape index (κ1) is 20.7. The number of aromatic nitrogens is 2. The van der Waals surface area contributed by atoms with Gasteiger partial charge in [0, 0.05) is 22.8 Å². The van der Waals surface area contributed by atoms with Gasteiger partial charge in [0.25, 0.3) is 5.91 Å². The number of hydrogen-bond donors (Lipinski definition) is 1. The molecule has 1 fully saturated rings. The predicted octanol–water partition coefficient (Wildman–Crippen LogP) is 4.35. The molecular formula is C22H24N4O2S2. The van der Waals surface area contributed by atoms with Crippen molar-refractivity contribution >= 4 is 34.7 Å². The van der Waals surface area contributed by atoms with Gasteiger partial charge in [-0.3, -0.25) is 9.59 Å². The fourth-order valence-corrected chi connectivity index (χ4v) is 5.44. The van der Waals surface area contributed by atoms with Crippen LogP contribution in [0, 0.1) is 6.92 Å². The molecule has 1 saturated carbocycles. The normalized spacial score (nSPS) is 15.1. The van der Waals surface area contributed by atoms with Crippen LogP contribution in [0.5, 0.6) is 0 Å². The average molecular weight is 441 g/mol. The number of carbonyl (C=O) groups excluding carboxylic acids is 2. The molecule has 156 valence electrons. The van der Waals surface area contributed by atoms with E-state index in [0.717, 1.165) is 53.2 Å². The molecule has 0 aliphatic heterocycles. The van der Waals surface area contributed by atoms with Gasteiger partial charge in [-0.25, -0.2) is 0 Å². The molecule has 4 rings (SSSR count). The van der Waals surface area contributed by atoms with Gasteiger partial charge in [0.05, 0.1) is 0 Å². The van der Waals surface area contributed by atoms with E-state index in [1.54, 1.807) is 10.3 Å². The maximum atomic E-state index is 13.5. The third kappa shape index (κ3) is 4.44. The molecule has 3 aromatic rings. The van der Waals surface area contributed by atoms with E-state index in [1.165, 1.54) is 11.3 Å². The molecule has 1 atom stereocenters. The molecule has 0 spiro atoms. The molecule has 30 heavy (non-hydrogen) atoms. The Kier molecular flexibility index (Phi) is 6.54. The van der Waals surface area contributed by atoms with Crippen molar-refractivity contribution < 1.29 is 9.59 Å². The van der Waals surface area contributed by atoms with Crippen molar-refractivity contribution in [2.45, 2.75) is 51.2 Å². The maximum Gasteiger partial charge on any atom is 0.276 e. The Bertz CT molecular complexity index is 982. The highest BCUT2D eigenvalue weighted by molar-refractivity contribution is 7.10. The Balaban J connectivity index is 1.67. The number of thiophene rings is 1. The van der Waals surface area contributed by atoms with Crippen LogP contribution in [0.3, 0.4) is 0 Å². The predicted molar refractivity (Wildman–Crippen MR) is 118 cm³/mol. The zero-order valence-electron chi connectivity index (χ0n) is 16.8. The molecule has 0 saturated heterocycles. The molecule has 1 aromatic carbocycles. The van der Waals surface area contributed by atoms with Gasteiger partial charge in [-0.05, 0) is 53.9 Å². The number of amides is 2. The van der Waals surface area contributed by atoms with E-state index >= 15 is 0 Å². The molecule has 1 aliphatic rings. The Morgan fingerprint density at radius 1 is 1.20 bits per heavy atom. The number of nitrogens with one attached hydrogen (secondary N) is 1. The van der Waals surface area contributed by atoms with Crippen LogP contribution in [0.25, 0.3) is 0 Å². The Morgan fingerprint density at radius 3 is 2.60 bits per heavy atom. The number of aryl methyl sites for hydroxylation is 1. The molecule has 1 unspecified atom stereocenters. The Labute approximate surface area is 184 Å². The van der Waals surface area contributed by atoms with E-state index in [-0.39, 0.29) is 17.9 Å². The second-order valence-electron chi connectivity index (χ2n) is 7.51. The average Bonchev–Trinajstić information content (AvgIpc) is 3.53. The van der Waals surface area contributed by atoms with E-state index in [4.69, 9.17) is 0 Å². The second kappa shape index (κ2) is 9.49. The number of benzene rings is 1. The molecule has 1 N–H and O–H groups in total. The van der Waals surface area contributed by atoms with Crippen LogP contribution >= 0.6 is 22.9 Å². The topological polar surface area (TPSA) is 75.2 Å². The lowest BCUT2D eigenvalue weighted by atomic mass is 10.0. The van der Waals surface area contributed by atoms with Crippen LogP contribution in [0.4, 0.5) is 0 Å². The highest BCUT2D eigenvalue weighted by atomic mass is 32.1. The van der Waals surface area contributed by atoms with Gasteiger partial charge in [-0.2, -0.15) is 0 Å². The summed E-state index contributed by atoms with van der Waals surface area (Å²) in [4.78, 5) is 29.7. The molecule has 2 amide bonds. The quantitative estimate of drug-likeness (QED) is 0.593. The summed E-state index contributed by atoms with van der Waals surface area (Å²) in [5.74, 6) is -0.379. The first-order valence-corrected chi connectivity index (χ1v) is 11.8. The first-order chi connectivity index (χ1) is 14.6. The second-order valence-corrected chi connectivity index (χ2v) is 9.07. The lowest BCUT2D eigenvalue weighted by molar-refractivity contribution is -0.126. The van der Waals surface area contributed by atoms with Gasteiger partial charge in [0.15, 0.2) is 5.69 Å². The molecule has 0 radical (unpaired) electrons. The van der Waals surface area contributed by atoms with Crippen LogP contribution in [0.2, 0.25) is 0 Å². The van der Waals surface area contributed by atoms with E-state index < -0.39 is 6.04 Å². The molecule has 2 heterocycles. The fourth-order valence-electron chi connectivity index (χ4n) is 3.98. The number of hydrogen-bond acceptors (Lipinski definition) is 6. The standard InChI is InChI=1S/C22H24N4O2S2/c1-15-11-12-29-20(15)19(21(27)23-13-16-7-3-2-4-8-16)26(17-9-5-6-10-17)22(28)18-14-30-25-24-18/h2-4,7-8,11-12,14,17,19H,5-6,9-10,13H2,1H3,(H,23,27). The van der Waals surface area contributed by atoms with E-state index in [0.29, 0.717) is 12.2 Å². The van der Waals surface area contributed by atoms with Crippen molar-refractivity contribution in [2.24, 2.45) is 0 Å². The monoisotopic (exact) mass is 440 g/mol. The lowest BCUT2D eigenvalue weighted by Crippen LogP contribution is -2.48. The van der Waals surface area contributed by atoms with Gasteiger partial charge < -0.3 is 10.2 Å². The Morgan fingerprint density at radius 2 is 1.97 bits per heavy atom. The zero-order valence-corrected chi connectivity index (χ0v) is 18.4. The van der Waals surface area contributed by atoms with Crippen LogP contribution < -0.4 is 5.32 Å². The van der Waals surface area contributed by atoms with Crippen LogP contribution in [0.15, 0.2) is 47.2 Å². The lowest BCUT2D eigenvalue weighted by Gasteiger charge is -2.35. The highest BCUT2D eigenvalue weighted by Gasteiger charge is 2.39. The van der Waals surface area contributed by atoms with E-state index in [9.17, 15) is 9.59 Å². The first-order valence-electron chi connectivity index (χ1n) is 10.1. The van der Waals surface area contributed by atoms with Gasteiger partial charge in [0.1, 0.15) is 6.04 Å². The van der Waals surface area contributed by atoms with Gasteiger partial charge in [-0.1, -0.05) is 47.7 Å². The maximum absolute atomic E-state index is 13.5. The molecule has 1 aliphatic carbocycles. The summed E-state index contributed by atoms with van der Waals surface area (Å²) in [6.07, 6.45) is 3.92. The molecule has 6 nitrogen and oxygen atoms in total. The highest BCUT2D eigenvalue weighted by Crippen LogP contribution is 2.36. The van der Waals surface area contributed by atoms with Crippen molar-refractivity contribution in [3.05, 3.63) is 68.9 Å². The third-order valence-electron chi connectivity index (χ3n) is 5.52. The van der Waals surface area contributed by atoms with Crippen molar-refractivity contribution in [1.29, 1.82) is 0 Å². The summed E-state index contributed by atoms with van der Waals surface area (Å²) in [7, 11) is 0. The summed E-state index contributed by atoms with van der Waals surface area (Å²) in [5, 5.41) is 10.7. The summed E-state index contributed by atoms with van der Waals surface area (Å²) in [6.45, 7) is 2.41. The number of rotatable bonds is 7. The summed E-state index contributed by atoms with van der Waals surface area (Å²) in [5.41, 5.74) is 2.35. The fraction of sp³-hybridized carbons (Fsp3) is 0.364. The van der Waals surface area contributed by atoms with Crippen molar-refractivity contribution in [2.75, 3.05) is 0 Å².